The summed E-state index contributed by atoms with van der Waals surface area (Å²) < 4.78 is 0. The first-order valence-electron chi connectivity index (χ1n) is 7.36. The first kappa shape index (κ1) is 13.5. The van der Waals surface area contributed by atoms with Gasteiger partial charge in [-0.2, -0.15) is 0 Å². The minimum Gasteiger partial charge on any atom is -0.310 e. The van der Waals surface area contributed by atoms with Crippen LogP contribution in [0.1, 0.15) is 56.8 Å². The molecular formula is C16H26N2. The largest absolute Gasteiger partial charge is 0.310 e. The fraction of sp³-hybridized carbons (Fsp3) is 0.688. The summed E-state index contributed by atoms with van der Waals surface area (Å²) in [6, 6.07) is 4.94. The third-order valence-electron chi connectivity index (χ3n) is 4.15. The topological polar surface area (TPSA) is 24.9 Å². The van der Waals surface area contributed by atoms with Crippen LogP contribution < -0.4 is 5.32 Å². The van der Waals surface area contributed by atoms with E-state index in [1.807, 2.05) is 6.20 Å². The van der Waals surface area contributed by atoms with Gasteiger partial charge in [0.2, 0.25) is 0 Å². The number of nitrogens with zero attached hydrogens (tertiary/aromatic N) is 1. The Labute approximate surface area is 111 Å². The zero-order chi connectivity index (χ0) is 13.0. The van der Waals surface area contributed by atoms with E-state index in [9.17, 15) is 0 Å². The maximum absolute atomic E-state index is 4.31. The summed E-state index contributed by atoms with van der Waals surface area (Å²) in [4.78, 5) is 4.31. The Morgan fingerprint density at radius 1 is 1.44 bits per heavy atom. The second-order valence-electron chi connectivity index (χ2n) is 5.80. The molecule has 0 amide bonds. The van der Waals surface area contributed by atoms with Crippen LogP contribution in [-0.2, 0) is 0 Å². The van der Waals surface area contributed by atoms with Crippen molar-refractivity contribution in [3.8, 4) is 0 Å². The summed E-state index contributed by atoms with van der Waals surface area (Å²) in [5.41, 5.74) is 2.54. The predicted molar refractivity (Wildman–Crippen MR) is 76.5 cm³/mol. The van der Waals surface area contributed by atoms with Crippen LogP contribution in [0, 0.1) is 18.8 Å². The molecule has 3 atom stereocenters. The smallest absolute Gasteiger partial charge is 0.0375 e. The van der Waals surface area contributed by atoms with Crippen molar-refractivity contribution < 1.29 is 0 Å². The van der Waals surface area contributed by atoms with E-state index in [1.54, 1.807) is 0 Å². The van der Waals surface area contributed by atoms with Gasteiger partial charge in [0.1, 0.15) is 0 Å². The molecule has 0 aliphatic heterocycles. The molecule has 1 aliphatic carbocycles. The van der Waals surface area contributed by atoms with Gasteiger partial charge in [-0.05, 0) is 55.8 Å². The molecule has 2 rings (SSSR count). The highest BCUT2D eigenvalue weighted by molar-refractivity contribution is 5.20. The van der Waals surface area contributed by atoms with E-state index in [-0.39, 0.29) is 0 Å². The zero-order valence-electron chi connectivity index (χ0n) is 11.9. The van der Waals surface area contributed by atoms with E-state index in [4.69, 9.17) is 0 Å². The van der Waals surface area contributed by atoms with E-state index in [0.717, 1.165) is 24.1 Å². The van der Waals surface area contributed by atoms with Crippen molar-refractivity contribution in [1.29, 1.82) is 0 Å². The molecule has 0 radical (unpaired) electrons. The molecule has 100 valence electrons. The van der Waals surface area contributed by atoms with Crippen LogP contribution >= 0.6 is 0 Å². The molecule has 1 N–H and O–H groups in total. The number of nitrogens with one attached hydrogen (secondary N) is 1. The standard InChI is InChI=1S/C16H26N2/c1-4-17-16(14-7-5-6-12(2)10-14)15-8-9-18-13(3)11-15/h8-9,11-12,14,16-17H,4-7,10H2,1-3H3. The lowest BCUT2D eigenvalue weighted by Crippen LogP contribution is -2.31. The number of aryl methyl sites for hydroxylation is 1. The molecule has 1 heterocycles. The molecule has 1 aromatic rings. The van der Waals surface area contributed by atoms with E-state index < -0.39 is 0 Å². The Morgan fingerprint density at radius 3 is 2.94 bits per heavy atom. The lowest BCUT2D eigenvalue weighted by atomic mass is 9.76. The average Bonchev–Trinajstić information content (AvgIpc) is 2.36. The van der Waals surface area contributed by atoms with E-state index in [1.165, 1.54) is 31.2 Å². The van der Waals surface area contributed by atoms with Crippen LogP contribution in [-0.4, -0.2) is 11.5 Å². The van der Waals surface area contributed by atoms with Crippen LogP contribution in [0.4, 0.5) is 0 Å². The van der Waals surface area contributed by atoms with Crippen molar-refractivity contribution in [2.75, 3.05) is 6.54 Å². The van der Waals surface area contributed by atoms with E-state index in [2.05, 4.69) is 43.2 Å². The molecule has 1 saturated carbocycles. The van der Waals surface area contributed by atoms with Gasteiger partial charge in [-0.1, -0.05) is 26.7 Å². The summed E-state index contributed by atoms with van der Waals surface area (Å²) >= 11 is 0. The first-order valence-corrected chi connectivity index (χ1v) is 7.36. The van der Waals surface area contributed by atoms with Crippen molar-refractivity contribution in [3.63, 3.8) is 0 Å². The third-order valence-corrected chi connectivity index (χ3v) is 4.15. The molecule has 0 bridgehead atoms. The second kappa shape index (κ2) is 6.33. The lowest BCUT2D eigenvalue weighted by Gasteiger charge is -2.34. The number of aromatic nitrogens is 1. The average molecular weight is 246 g/mol. The maximum atomic E-state index is 4.31. The van der Waals surface area contributed by atoms with Gasteiger partial charge in [-0.15, -0.1) is 0 Å². The fourth-order valence-corrected chi connectivity index (χ4v) is 3.32. The van der Waals surface area contributed by atoms with Crippen molar-refractivity contribution in [3.05, 3.63) is 29.6 Å². The molecule has 3 unspecified atom stereocenters. The van der Waals surface area contributed by atoms with Crippen molar-refractivity contribution in [2.24, 2.45) is 11.8 Å². The highest BCUT2D eigenvalue weighted by Gasteiger charge is 2.27. The molecule has 2 heteroatoms. The molecule has 1 fully saturated rings. The van der Waals surface area contributed by atoms with Crippen LogP contribution in [0.3, 0.4) is 0 Å². The van der Waals surface area contributed by atoms with E-state index in [0.29, 0.717) is 6.04 Å². The summed E-state index contributed by atoms with van der Waals surface area (Å²) in [6.45, 7) is 7.72. The van der Waals surface area contributed by atoms with Gasteiger partial charge in [-0.25, -0.2) is 0 Å². The molecule has 0 spiro atoms. The van der Waals surface area contributed by atoms with Gasteiger partial charge in [0.25, 0.3) is 0 Å². The van der Waals surface area contributed by atoms with Gasteiger partial charge in [0.05, 0.1) is 0 Å². The van der Waals surface area contributed by atoms with Gasteiger partial charge < -0.3 is 5.32 Å². The SMILES string of the molecule is CCNC(c1ccnc(C)c1)C1CCCC(C)C1. The third kappa shape index (κ3) is 3.32. The highest BCUT2D eigenvalue weighted by Crippen LogP contribution is 2.37. The Hall–Kier alpha value is -0.890. The molecule has 18 heavy (non-hydrogen) atoms. The summed E-state index contributed by atoms with van der Waals surface area (Å²) in [7, 11) is 0. The molecule has 0 saturated heterocycles. The monoisotopic (exact) mass is 246 g/mol. The molecular weight excluding hydrogens is 220 g/mol. The summed E-state index contributed by atoms with van der Waals surface area (Å²) in [5, 5.41) is 3.69. The number of pyridine rings is 1. The molecule has 0 aromatic carbocycles. The number of rotatable bonds is 4. The van der Waals surface area contributed by atoms with Crippen molar-refractivity contribution >= 4 is 0 Å². The highest BCUT2D eigenvalue weighted by atomic mass is 14.9. The summed E-state index contributed by atoms with van der Waals surface area (Å²) in [6.07, 6.45) is 7.46. The Bertz CT molecular complexity index is 375. The van der Waals surface area contributed by atoms with Gasteiger partial charge in [-0.3, -0.25) is 4.98 Å². The van der Waals surface area contributed by atoms with Crippen LogP contribution in [0.5, 0.6) is 0 Å². The van der Waals surface area contributed by atoms with Crippen molar-refractivity contribution in [1.82, 2.24) is 10.3 Å². The van der Waals surface area contributed by atoms with Gasteiger partial charge >= 0.3 is 0 Å². The molecule has 1 aliphatic rings. The Kier molecular flexibility index (Phi) is 4.76. The molecule has 1 aromatic heterocycles. The lowest BCUT2D eigenvalue weighted by molar-refractivity contribution is 0.225. The quantitative estimate of drug-likeness (QED) is 0.872. The minimum atomic E-state index is 0.513. The van der Waals surface area contributed by atoms with Crippen LogP contribution in [0.15, 0.2) is 18.3 Å². The van der Waals surface area contributed by atoms with Crippen LogP contribution in [0.2, 0.25) is 0 Å². The fourth-order valence-electron chi connectivity index (χ4n) is 3.32. The zero-order valence-corrected chi connectivity index (χ0v) is 11.9. The second-order valence-corrected chi connectivity index (χ2v) is 5.80. The van der Waals surface area contributed by atoms with Gasteiger partial charge in [0, 0.05) is 17.9 Å². The number of hydrogen-bond donors (Lipinski definition) is 1. The van der Waals surface area contributed by atoms with E-state index >= 15 is 0 Å². The van der Waals surface area contributed by atoms with Crippen LogP contribution in [0.25, 0.3) is 0 Å². The summed E-state index contributed by atoms with van der Waals surface area (Å²) in [5.74, 6) is 1.67. The van der Waals surface area contributed by atoms with Crippen molar-refractivity contribution in [2.45, 2.75) is 52.5 Å². The molecule has 2 nitrogen and oxygen atoms in total. The minimum absolute atomic E-state index is 0.513. The predicted octanol–water partition coefficient (Wildman–Crippen LogP) is 3.87. The van der Waals surface area contributed by atoms with Gasteiger partial charge in [0.15, 0.2) is 0 Å². The normalized spacial score (nSPS) is 25.9. The first-order chi connectivity index (χ1) is 8.70. The Morgan fingerprint density at radius 2 is 2.28 bits per heavy atom. The Balaban J connectivity index is 2.16. The number of hydrogen-bond acceptors (Lipinski definition) is 2. The maximum Gasteiger partial charge on any atom is 0.0375 e.